The van der Waals surface area contributed by atoms with Crippen LogP contribution < -0.4 is 5.32 Å². The second kappa shape index (κ2) is 6.93. The van der Waals surface area contributed by atoms with Gasteiger partial charge in [-0.2, -0.15) is 0 Å². The summed E-state index contributed by atoms with van der Waals surface area (Å²) in [6, 6.07) is 14.7. The number of piperidine rings is 1. The van der Waals surface area contributed by atoms with Crippen LogP contribution in [0.2, 0.25) is 0 Å². The second-order valence-corrected chi connectivity index (χ2v) is 6.11. The summed E-state index contributed by atoms with van der Waals surface area (Å²) in [5.74, 6) is 0.138. The van der Waals surface area contributed by atoms with Crippen molar-refractivity contribution in [1.82, 2.24) is 10.2 Å². The van der Waals surface area contributed by atoms with E-state index in [4.69, 9.17) is 0 Å². The van der Waals surface area contributed by atoms with Crippen molar-refractivity contribution in [2.24, 2.45) is 0 Å². The first-order valence-corrected chi connectivity index (χ1v) is 8.24. The molecule has 3 rings (SSSR count). The molecular formula is C19H24N2O. The summed E-state index contributed by atoms with van der Waals surface area (Å²) >= 11 is 0. The van der Waals surface area contributed by atoms with E-state index in [0.717, 1.165) is 31.6 Å². The minimum atomic E-state index is 0.138. The number of likely N-dealkylation sites (N-methyl/N-ethyl adjacent to an activating group) is 1. The maximum atomic E-state index is 12.4. The summed E-state index contributed by atoms with van der Waals surface area (Å²) in [6.45, 7) is 5.39. The van der Waals surface area contributed by atoms with Crippen LogP contribution in [0, 0.1) is 0 Å². The first-order valence-electron chi connectivity index (χ1n) is 8.24. The topological polar surface area (TPSA) is 32.3 Å². The van der Waals surface area contributed by atoms with Gasteiger partial charge in [-0.1, -0.05) is 49.4 Å². The Kier molecular flexibility index (Phi) is 4.74. The van der Waals surface area contributed by atoms with Gasteiger partial charge < -0.3 is 10.2 Å². The third kappa shape index (κ3) is 3.47. The van der Waals surface area contributed by atoms with E-state index < -0.39 is 0 Å². The summed E-state index contributed by atoms with van der Waals surface area (Å²) in [5.41, 5.74) is 1.11. The largest absolute Gasteiger partial charge is 0.352 e. The van der Waals surface area contributed by atoms with Crippen LogP contribution >= 0.6 is 0 Å². The zero-order valence-electron chi connectivity index (χ0n) is 13.2. The van der Waals surface area contributed by atoms with Gasteiger partial charge in [0, 0.05) is 12.6 Å². The highest BCUT2D eigenvalue weighted by Crippen LogP contribution is 2.19. The number of hydrogen-bond donors (Lipinski definition) is 1. The molecule has 1 amide bonds. The van der Waals surface area contributed by atoms with E-state index in [0.29, 0.717) is 12.5 Å². The number of rotatable bonds is 4. The predicted octanol–water partition coefficient (Wildman–Crippen LogP) is 2.98. The van der Waals surface area contributed by atoms with E-state index in [1.165, 1.54) is 17.2 Å². The molecule has 0 radical (unpaired) electrons. The fraction of sp³-hybridized carbons (Fsp3) is 0.421. The first kappa shape index (κ1) is 15.0. The number of nitrogens with zero attached hydrogens (tertiary/aromatic N) is 1. The number of nitrogens with one attached hydrogen (secondary N) is 1. The van der Waals surface area contributed by atoms with Crippen molar-refractivity contribution < 1.29 is 4.79 Å². The van der Waals surface area contributed by atoms with Gasteiger partial charge >= 0.3 is 0 Å². The van der Waals surface area contributed by atoms with Crippen LogP contribution in [0.15, 0.2) is 42.5 Å². The zero-order valence-corrected chi connectivity index (χ0v) is 13.2. The van der Waals surface area contributed by atoms with Crippen molar-refractivity contribution in [3.63, 3.8) is 0 Å². The normalized spacial score (nSPS) is 19.2. The van der Waals surface area contributed by atoms with E-state index in [9.17, 15) is 4.79 Å². The quantitative estimate of drug-likeness (QED) is 0.940. The molecule has 22 heavy (non-hydrogen) atoms. The Hall–Kier alpha value is -1.87. The molecule has 0 aromatic heterocycles. The monoisotopic (exact) mass is 296 g/mol. The lowest BCUT2D eigenvalue weighted by atomic mass is 10.0. The standard InChI is InChI=1S/C19H24N2O/c1-2-21-12-6-10-17(14-21)20-19(22)13-16-9-5-8-15-7-3-4-11-18(15)16/h3-5,7-9,11,17H,2,6,10,12-14H2,1H3,(H,20,22). The molecule has 1 N–H and O–H groups in total. The Bertz CT molecular complexity index is 647. The van der Waals surface area contributed by atoms with E-state index in [2.05, 4.69) is 41.4 Å². The molecule has 0 aliphatic carbocycles. The minimum absolute atomic E-state index is 0.138. The molecule has 1 aliphatic rings. The predicted molar refractivity (Wildman–Crippen MR) is 90.9 cm³/mol. The molecule has 1 saturated heterocycles. The molecule has 1 fully saturated rings. The molecule has 1 unspecified atom stereocenters. The van der Waals surface area contributed by atoms with E-state index >= 15 is 0 Å². The third-order valence-electron chi connectivity index (χ3n) is 4.55. The number of fused-ring (bicyclic) bond motifs is 1. The highest BCUT2D eigenvalue weighted by atomic mass is 16.1. The van der Waals surface area contributed by atoms with E-state index in [-0.39, 0.29) is 5.91 Å². The maximum Gasteiger partial charge on any atom is 0.224 e. The Labute approximate surface area is 132 Å². The van der Waals surface area contributed by atoms with Gasteiger partial charge in [0.2, 0.25) is 5.91 Å². The molecule has 3 heteroatoms. The molecule has 3 nitrogen and oxygen atoms in total. The summed E-state index contributed by atoms with van der Waals surface area (Å²) in [6.07, 6.45) is 2.73. The van der Waals surface area contributed by atoms with Gasteiger partial charge in [0.05, 0.1) is 6.42 Å². The van der Waals surface area contributed by atoms with Crippen molar-refractivity contribution in [2.45, 2.75) is 32.2 Å². The smallest absolute Gasteiger partial charge is 0.224 e. The molecule has 1 atom stereocenters. The molecule has 0 bridgehead atoms. The molecule has 116 valence electrons. The number of carbonyl (C=O) groups is 1. The average Bonchev–Trinajstić information content (AvgIpc) is 2.55. The van der Waals surface area contributed by atoms with Gasteiger partial charge in [0.25, 0.3) is 0 Å². The number of carbonyl (C=O) groups excluding carboxylic acids is 1. The van der Waals surface area contributed by atoms with Gasteiger partial charge in [-0.3, -0.25) is 4.79 Å². The highest BCUT2D eigenvalue weighted by molar-refractivity contribution is 5.90. The lowest BCUT2D eigenvalue weighted by molar-refractivity contribution is -0.121. The first-order chi connectivity index (χ1) is 10.8. The van der Waals surface area contributed by atoms with Crippen molar-refractivity contribution in [1.29, 1.82) is 0 Å². The van der Waals surface area contributed by atoms with Crippen LogP contribution in [0.25, 0.3) is 10.8 Å². The number of amides is 1. The summed E-state index contributed by atoms with van der Waals surface area (Å²) in [5, 5.41) is 5.59. The van der Waals surface area contributed by atoms with Crippen LogP contribution in [0.3, 0.4) is 0 Å². The number of hydrogen-bond acceptors (Lipinski definition) is 2. The molecule has 2 aromatic carbocycles. The van der Waals surface area contributed by atoms with Crippen molar-refractivity contribution in [3.8, 4) is 0 Å². The maximum absolute atomic E-state index is 12.4. The molecular weight excluding hydrogens is 272 g/mol. The number of benzene rings is 2. The summed E-state index contributed by atoms with van der Waals surface area (Å²) < 4.78 is 0. The fourth-order valence-corrected chi connectivity index (χ4v) is 3.36. The SMILES string of the molecule is CCN1CCCC(NC(=O)Cc2cccc3ccccc23)C1. The fourth-order valence-electron chi connectivity index (χ4n) is 3.36. The average molecular weight is 296 g/mol. The van der Waals surface area contributed by atoms with E-state index in [1.54, 1.807) is 0 Å². The highest BCUT2D eigenvalue weighted by Gasteiger charge is 2.20. The zero-order chi connectivity index (χ0) is 15.4. The van der Waals surface area contributed by atoms with Crippen LogP contribution in [-0.2, 0) is 11.2 Å². The van der Waals surface area contributed by atoms with Gasteiger partial charge in [-0.25, -0.2) is 0 Å². The van der Waals surface area contributed by atoms with Gasteiger partial charge in [-0.05, 0) is 42.3 Å². The van der Waals surface area contributed by atoms with Crippen LogP contribution in [0.5, 0.6) is 0 Å². The molecule has 0 spiro atoms. The van der Waals surface area contributed by atoms with Gasteiger partial charge in [-0.15, -0.1) is 0 Å². The van der Waals surface area contributed by atoms with E-state index in [1.807, 2.05) is 18.2 Å². The Morgan fingerprint density at radius 3 is 2.91 bits per heavy atom. The van der Waals surface area contributed by atoms with Gasteiger partial charge in [0.15, 0.2) is 0 Å². The Balaban J connectivity index is 1.66. The van der Waals surface area contributed by atoms with Crippen LogP contribution in [0.1, 0.15) is 25.3 Å². The molecule has 1 heterocycles. The summed E-state index contributed by atoms with van der Waals surface area (Å²) in [7, 11) is 0. The lowest BCUT2D eigenvalue weighted by Gasteiger charge is -2.32. The number of likely N-dealkylation sites (tertiary alicyclic amines) is 1. The minimum Gasteiger partial charge on any atom is -0.352 e. The Morgan fingerprint density at radius 1 is 1.23 bits per heavy atom. The molecule has 0 saturated carbocycles. The van der Waals surface area contributed by atoms with Gasteiger partial charge in [0.1, 0.15) is 0 Å². The summed E-state index contributed by atoms with van der Waals surface area (Å²) in [4.78, 5) is 14.8. The molecule has 2 aromatic rings. The van der Waals surface area contributed by atoms with Crippen molar-refractivity contribution in [3.05, 3.63) is 48.0 Å². The Morgan fingerprint density at radius 2 is 2.05 bits per heavy atom. The van der Waals surface area contributed by atoms with Crippen molar-refractivity contribution in [2.75, 3.05) is 19.6 Å². The van der Waals surface area contributed by atoms with Crippen LogP contribution in [-0.4, -0.2) is 36.5 Å². The third-order valence-corrected chi connectivity index (χ3v) is 4.55. The van der Waals surface area contributed by atoms with Crippen LogP contribution in [0.4, 0.5) is 0 Å². The van der Waals surface area contributed by atoms with Crippen molar-refractivity contribution >= 4 is 16.7 Å². The second-order valence-electron chi connectivity index (χ2n) is 6.11. The molecule has 1 aliphatic heterocycles. The lowest BCUT2D eigenvalue weighted by Crippen LogP contribution is -2.47.